The molecule has 0 N–H and O–H groups in total. The van der Waals surface area contributed by atoms with Gasteiger partial charge in [-0.15, -0.1) is 0 Å². The van der Waals surface area contributed by atoms with Gasteiger partial charge in [0, 0.05) is 36.0 Å². The fourth-order valence-corrected chi connectivity index (χ4v) is 4.02. The summed E-state index contributed by atoms with van der Waals surface area (Å²) in [6, 6.07) is 11.9. The second-order valence-corrected chi connectivity index (χ2v) is 6.98. The van der Waals surface area contributed by atoms with Crippen molar-refractivity contribution in [3.63, 3.8) is 0 Å². The summed E-state index contributed by atoms with van der Waals surface area (Å²) >= 11 is 1.57. The highest BCUT2D eigenvalue weighted by Gasteiger charge is 2.15. The Morgan fingerprint density at radius 2 is 2.04 bits per heavy atom. The van der Waals surface area contributed by atoms with Crippen LogP contribution in [0.15, 0.2) is 55.0 Å². The predicted octanol–water partition coefficient (Wildman–Crippen LogP) is 4.02. The van der Waals surface area contributed by atoms with E-state index in [9.17, 15) is 0 Å². The molecule has 0 saturated heterocycles. The number of methoxy groups -OCH3 is 1. The number of benzene rings is 1. The molecule has 0 radical (unpaired) electrons. The van der Waals surface area contributed by atoms with Crippen molar-refractivity contribution in [1.29, 1.82) is 0 Å². The lowest BCUT2D eigenvalue weighted by molar-refractivity contribution is 0.415. The van der Waals surface area contributed by atoms with Gasteiger partial charge in [0.05, 0.1) is 19.0 Å². The molecular formula is C19H15N5OS. The number of imidazole rings is 1. The number of ether oxygens (including phenoxy) is 1. The van der Waals surface area contributed by atoms with Gasteiger partial charge < -0.3 is 9.30 Å². The normalized spacial score (nSPS) is 11.5. The van der Waals surface area contributed by atoms with Gasteiger partial charge in [0.25, 0.3) is 0 Å². The molecule has 0 aliphatic heterocycles. The first kappa shape index (κ1) is 15.1. The maximum atomic E-state index is 5.30. The summed E-state index contributed by atoms with van der Waals surface area (Å²) in [5.74, 6) is 0.816. The van der Waals surface area contributed by atoms with E-state index < -0.39 is 0 Å². The smallest absolute Gasteiger partial charge is 0.213 e. The van der Waals surface area contributed by atoms with Crippen molar-refractivity contribution in [3.05, 3.63) is 55.0 Å². The summed E-state index contributed by atoms with van der Waals surface area (Å²) in [7, 11) is 3.66. The van der Waals surface area contributed by atoms with Crippen LogP contribution < -0.4 is 4.74 Å². The van der Waals surface area contributed by atoms with Gasteiger partial charge in [0.1, 0.15) is 16.4 Å². The third-order valence-electron chi connectivity index (χ3n) is 4.37. The number of aryl methyl sites for hydroxylation is 1. The van der Waals surface area contributed by atoms with Crippen LogP contribution >= 0.6 is 11.3 Å². The maximum absolute atomic E-state index is 5.30. The van der Waals surface area contributed by atoms with Crippen LogP contribution in [0.2, 0.25) is 0 Å². The van der Waals surface area contributed by atoms with Crippen molar-refractivity contribution in [2.75, 3.05) is 7.11 Å². The molecule has 4 heterocycles. The summed E-state index contributed by atoms with van der Waals surface area (Å²) < 4.78 is 9.16. The van der Waals surface area contributed by atoms with Crippen LogP contribution in [0.3, 0.4) is 0 Å². The van der Waals surface area contributed by atoms with Crippen molar-refractivity contribution in [1.82, 2.24) is 24.1 Å². The van der Waals surface area contributed by atoms with E-state index in [1.54, 1.807) is 24.6 Å². The zero-order chi connectivity index (χ0) is 17.7. The monoisotopic (exact) mass is 361 g/mol. The highest BCUT2D eigenvalue weighted by Crippen LogP contribution is 2.33. The minimum Gasteiger partial charge on any atom is -0.497 e. The second-order valence-electron chi connectivity index (χ2n) is 6.02. The zero-order valence-electron chi connectivity index (χ0n) is 14.2. The van der Waals surface area contributed by atoms with E-state index in [0.29, 0.717) is 0 Å². The number of hydrogen-bond donors (Lipinski definition) is 0. The van der Waals surface area contributed by atoms with Crippen LogP contribution in [0.1, 0.15) is 0 Å². The van der Waals surface area contributed by atoms with Gasteiger partial charge >= 0.3 is 0 Å². The Labute approximate surface area is 153 Å². The van der Waals surface area contributed by atoms with E-state index >= 15 is 0 Å². The standard InChI is InChI=1S/C19H15N5OS/c1-23-10-15(14-7-4-8-20-17(14)23)18-22-24-11-16(21-19(24)26-18)12-5-3-6-13(9-12)25-2/h3-11H,1-2H3. The van der Waals surface area contributed by atoms with Gasteiger partial charge in [0.15, 0.2) is 0 Å². The van der Waals surface area contributed by atoms with Crippen molar-refractivity contribution >= 4 is 27.3 Å². The van der Waals surface area contributed by atoms with Crippen LogP contribution in [-0.4, -0.2) is 31.3 Å². The van der Waals surface area contributed by atoms with E-state index in [1.807, 2.05) is 52.7 Å². The number of aromatic nitrogens is 5. The molecule has 0 bridgehead atoms. The fraction of sp³-hybridized carbons (Fsp3) is 0.105. The maximum Gasteiger partial charge on any atom is 0.213 e. The number of hydrogen-bond acceptors (Lipinski definition) is 5. The third-order valence-corrected chi connectivity index (χ3v) is 5.33. The van der Waals surface area contributed by atoms with Gasteiger partial charge in [0.2, 0.25) is 4.96 Å². The summed E-state index contributed by atoms with van der Waals surface area (Å²) in [4.78, 5) is 10.0. The number of rotatable bonds is 3. The average molecular weight is 361 g/mol. The first-order valence-corrected chi connectivity index (χ1v) is 8.95. The molecule has 5 aromatic rings. The predicted molar refractivity (Wildman–Crippen MR) is 103 cm³/mol. The molecule has 0 atom stereocenters. The van der Waals surface area contributed by atoms with Crippen LogP contribution in [-0.2, 0) is 7.05 Å². The molecule has 26 heavy (non-hydrogen) atoms. The quantitative estimate of drug-likeness (QED) is 0.487. The molecule has 4 aromatic heterocycles. The molecule has 0 amide bonds. The molecule has 7 heteroatoms. The molecule has 0 spiro atoms. The van der Waals surface area contributed by atoms with Crippen LogP contribution in [0.25, 0.3) is 37.8 Å². The van der Waals surface area contributed by atoms with Crippen molar-refractivity contribution < 1.29 is 4.74 Å². The molecule has 5 rings (SSSR count). The van der Waals surface area contributed by atoms with E-state index in [4.69, 9.17) is 14.8 Å². The van der Waals surface area contributed by atoms with E-state index in [0.717, 1.165) is 43.6 Å². The Bertz CT molecular complexity index is 1220. The van der Waals surface area contributed by atoms with Crippen molar-refractivity contribution in [2.45, 2.75) is 0 Å². The molecule has 0 aliphatic carbocycles. The van der Waals surface area contributed by atoms with Gasteiger partial charge in [-0.05, 0) is 24.3 Å². The lowest BCUT2D eigenvalue weighted by Crippen LogP contribution is -1.85. The highest BCUT2D eigenvalue weighted by molar-refractivity contribution is 7.20. The Kier molecular flexibility index (Phi) is 3.29. The summed E-state index contributed by atoms with van der Waals surface area (Å²) in [5.41, 5.74) is 3.92. The Hall–Kier alpha value is -3.19. The van der Waals surface area contributed by atoms with Gasteiger partial charge in [-0.25, -0.2) is 14.5 Å². The zero-order valence-corrected chi connectivity index (χ0v) is 15.1. The molecule has 1 aromatic carbocycles. The third kappa shape index (κ3) is 2.28. The lowest BCUT2D eigenvalue weighted by Gasteiger charge is -2.01. The Balaban J connectivity index is 1.60. The van der Waals surface area contributed by atoms with Gasteiger partial charge in [-0.2, -0.15) is 5.10 Å². The summed E-state index contributed by atoms with van der Waals surface area (Å²) in [6.07, 6.45) is 5.83. The first-order valence-electron chi connectivity index (χ1n) is 8.14. The van der Waals surface area contributed by atoms with Crippen LogP contribution in [0.4, 0.5) is 0 Å². The fourth-order valence-electron chi connectivity index (χ4n) is 3.11. The van der Waals surface area contributed by atoms with E-state index in [-0.39, 0.29) is 0 Å². The number of pyridine rings is 1. The van der Waals surface area contributed by atoms with Gasteiger partial charge in [-0.1, -0.05) is 23.5 Å². The lowest BCUT2D eigenvalue weighted by atomic mass is 10.1. The van der Waals surface area contributed by atoms with Crippen LogP contribution in [0, 0.1) is 0 Å². The number of fused-ring (bicyclic) bond motifs is 2. The minimum atomic E-state index is 0.816. The summed E-state index contributed by atoms with van der Waals surface area (Å²) in [5, 5.41) is 6.77. The topological polar surface area (TPSA) is 57.2 Å². The molecule has 0 saturated carbocycles. The minimum absolute atomic E-state index is 0.816. The van der Waals surface area contributed by atoms with Crippen molar-refractivity contribution in [3.8, 4) is 27.6 Å². The molecule has 0 aliphatic rings. The molecule has 0 unspecified atom stereocenters. The van der Waals surface area contributed by atoms with Crippen molar-refractivity contribution in [2.24, 2.45) is 7.05 Å². The molecular weight excluding hydrogens is 346 g/mol. The summed E-state index contributed by atoms with van der Waals surface area (Å²) in [6.45, 7) is 0. The van der Waals surface area contributed by atoms with Gasteiger partial charge in [-0.3, -0.25) is 0 Å². The van der Waals surface area contributed by atoms with E-state index in [1.165, 1.54) is 0 Å². The highest BCUT2D eigenvalue weighted by atomic mass is 32.1. The largest absolute Gasteiger partial charge is 0.497 e. The Morgan fingerprint density at radius 1 is 1.12 bits per heavy atom. The molecule has 0 fully saturated rings. The second kappa shape index (κ2) is 5.67. The SMILES string of the molecule is COc1cccc(-c2cn3nc(-c4cn(C)c5ncccc45)sc3n2)c1. The number of nitrogens with zero attached hydrogens (tertiary/aromatic N) is 5. The van der Waals surface area contributed by atoms with Crippen LogP contribution in [0.5, 0.6) is 5.75 Å². The first-order chi connectivity index (χ1) is 12.7. The molecule has 128 valence electrons. The van der Waals surface area contributed by atoms with E-state index in [2.05, 4.69) is 17.2 Å². The Morgan fingerprint density at radius 3 is 2.88 bits per heavy atom. The average Bonchev–Trinajstić information content (AvgIpc) is 3.33. The molecule has 6 nitrogen and oxygen atoms in total.